The second-order valence-electron chi connectivity index (χ2n) is 5.36. The third kappa shape index (κ3) is 2.83. The zero-order valence-corrected chi connectivity index (χ0v) is 11.7. The molecule has 3 nitrogen and oxygen atoms in total. The minimum atomic E-state index is 0.108. The van der Waals surface area contributed by atoms with Gasteiger partial charge in [-0.2, -0.15) is 0 Å². The number of carbonyl (C=O) groups excluding carboxylic acids is 1. The van der Waals surface area contributed by atoms with Gasteiger partial charge in [-0.1, -0.05) is 18.2 Å². The first-order valence-electron chi connectivity index (χ1n) is 7.11. The Morgan fingerprint density at radius 3 is 2.55 bits per heavy atom. The lowest BCUT2D eigenvalue weighted by atomic mass is 10.0. The van der Waals surface area contributed by atoms with Crippen LogP contribution in [0.4, 0.5) is 5.69 Å². The minimum absolute atomic E-state index is 0.108. The highest BCUT2D eigenvalue weighted by molar-refractivity contribution is 5.99. The summed E-state index contributed by atoms with van der Waals surface area (Å²) in [7, 11) is 0. The highest BCUT2D eigenvalue weighted by Crippen LogP contribution is 2.22. The van der Waals surface area contributed by atoms with Crippen LogP contribution in [-0.2, 0) is 4.74 Å². The number of ether oxygens (including phenoxy) is 1. The first kappa shape index (κ1) is 13.1. The smallest absolute Gasteiger partial charge is 0.159 e. The lowest BCUT2D eigenvalue weighted by Gasteiger charge is -2.24. The zero-order valence-electron chi connectivity index (χ0n) is 11.7. The van der Waals surface area contributed by atoms with E-state index < -0.39 is 0 Å². The molecule has 3 rings (SSSR count). The summed E-state index contributed by atoms with van der Waals surface area (Å²) < 4.78 is 5.37. The van der Waals surface area contributed by atoms with E-state index >= 15 is 0 Å². The molecule has 0 saturated carbocycles. The third-order valence-electron chi connectivity index (χ3n) is 3.84. The Bertz CT molecular complexity index is 630. The van der Waals surface area contributed by atoms with Gasteiger partial charge < -0.3 is 10.1 Å². The van der Waals surface area contributed by atoms with Gasteiger partial charge in [0.25, 0.3) is 0 Å². The van der Waals surface area contributed by atoms with Crippen molar-refractivity contribution in [3.8, 4) is 0 Å². The maximum absolute atomic E-state index is 11.4. The molecular weight excluding hydrogens is 250 g/mol. The quantitative estimate of drug-likeness (QED) is 0.865. The van der Waals surface area contributed by atoms with Crippen LogP contribution < -0.4 is 5.32 Å². The van der Waals surface area contributed by atoms with Crippen LogP contribution in [0, 0.1) is 0 Å². The van der Waals surface area contributed by atoms with Crippen molar-refractivity contribution in [2.45, 2.75) is 25.8 Å². The molecule has 1 heterocycles. The Hall–Kier alpha value is -1.87. The van der Waals surface area contributed by atoms with E-state index in [1.807, 2.05) is 18.2 Å². The monoisotopic (exact) mass is 269 g/mol. The molecule has 0 aromatic heterocycles. The summed E-state index contributed by atoms with van der Waals surface area (Å²) in [6.07, 6.45) is 2.11. The van der Waals surface area contributed by atoms with Crippen molar-refractivity contribution in [3.63, 3.8) is 0 Å². The van der Waals surface area contributed by atoms with Gasteiger partial charge in [0.15, 0.2) is 5.78 Å². The summed E-state index contributed by atoms with van der Waals surface area (Å²) in [6, 6.07) is 12.7. The zero-order chi connectivity index (χ0) is 13.9. The fourth-order valence-corrected chi connectivity index (χ4v) is 2.63. The Morgan fingerprint density at radius 1 is 1.10 bits per heavy atom. The topological polar surface area (TPSA) is 38.3 Å². The van der Waals surface area contributed by atoms with Gasteiger partial charge >= 0.3 is 0 Å². The molecular formula is C17H19NO2. The van der Waals surface area contributed by atoms with Gasteiger partial charge in [0.2, 0.25) is 0 Å². The maximum atomic E-state index is 11.4. The van der Waals surface area contributed by atoms with Gasteiger partial charge in [-0.15, -0.1) is 0 Å². The Labute approximate surface area is 118 Å². The molecule has 2 aromatic rings. The molecule has 0 bridgehead atoms. The highest BCUT2D eigenvalue weighted by atomic mass is 16.5. The molecule has 1 N–H and O–H groups in total. The predicted octanol–water partition coefficient (Wildman–Crippen LogP) is 3.63. The number of fused-ring (bicyclic) bond motifs is 1. The van der Waals surface area contributed by atoms with Crippen molar-refractivity contribution in [1.82, 2.24) is 0 Å². The lowest BCUT2D eigenvalue weighted by molar-refractivity contribution is 0.0904. The number of benzene rings is 2. The highest BCUT2D eigenvalue weighted by Gasteiger charge is 2.13. The number of rotatable bonds is 3. The van der Waals surface area contributed by atoms with E-state index in [1.54, 1.807) is 6.92 Å². The van der Waals surface area contributed by atoms with Gasteiger partial charge in [-0.25, -0.2) is 0 Å². The molecule has 0 aliphatic carbocycles. The number of Topliss-reactive ketones (excluding diaryl/α,β-unsaturated/α-hetero) is 1. The molecule has 0 spiro atoms. The summed E-state index contributed by atoms with van der Waals surface area (Å²) in [5, 5.41) is 5.83. The van der Waals surface area contributed by atoms with E-state index in [0.29, 0.717) is 6.04 Å². The largest absolute Gasteiger partial charge is 0.382 e. The van der Waals surface area contributed by atoms with Crippen LogP contribution in [0.25, 0.3) is 10.8 Å². The van der Waals surface area contributed by atoms with Gasteiger partial charge in [-0.05, 0) is 48.7 Å². The van der Waals surface area contributed by atoms with Crippen LogP contribution in [0.5, 0.6) is 0 Å². The van der Waals surface area contributed by atoms with E-state index in [0.717, 1.165) is 48.1 Å². The number of hydrogen-bond donors (Lipinski definition) is 1. The molecule has 1 saturated heterocycles. The molecule has 0 atom stereocenters. The summed E-state index contributed by atoms with van der Waals surface area (Å²) in [5.74, 6) is 0.108. The van der Waals surface area contributed by atoms with Crippen molar-refractivity contribution >= 4 is 22.2 Å². The molecule has 0 amide bonds. The second-order valence-corrected chi connectivity index (χ2v) is 5.36. The molecule has 1 fully saturated rings. The van der Waals surface area contributed by atoms with E-state index in [9.17, 15) is 4.79 Å². The van der Waals surface area contributed by atoms with Crippen LogP contribution in [0.1, 0.15) is 30.1 Å². The Morgan fingerprint density at radius 2 is 1.80 bits per heavy atom. The van der Waals surface area contributed by atoms with Crippen LogP contribution in [-0.4, -0.2) is 25.0 Å². The van der Waals surface area contributed by atoms with Crippen molar-refractivity contribution in [2.75, 3.05) is 18.5 Å². The summed E-state index contributed by atoms with van der Waals surface area (Å²) in [4.78, 5) is 11.4. The van der Waals surface area contributed by atoms with Gasteiger partial charge in [0, 0.05) is 30.5 Å². The molecule has 104 valence electrons. The van der Waals surface area contributed by atoms with Crippen molar-refractivity contribution in [2.24, 2.45) is 0 Å². The van der Waals surface area contributed by atoms with Crippen LogP contribution in [0.2, 0.25) is 0 Å². The van der Waals surface area contributed by atoms with Crippen molar-refractivity contribution in [1.29, 1.82) is 0 Å². The summed E-state index contributed by atoms with van der Waals surface area (Å²) >= 11 is 0. The lowest BCUT2D eigenvalue weighted by Crippen LogP contribution is -2.27. The Balaban J connectivity index is 1.83. The standard InChI is InChI=1S/C17H19NO2/c1-12(19)13-2-3-15-11-17(5-4-14(15)10-13)18-16-6-8-20-9-7-16/h2-5,10-11,16,18H,6-9H2,1H3. The first-order valence-corrected chi connectivity index (χ1v) is 7.11. The van der Waals surface area contributed by atoms with Crippen LogP contribution >= 0.6 is 0 Å². The number of carbonyl (C=O) groups is 1. The maximum Gasteiger partial charge on any atom is 0.159 e. The van der Waals surface area contributed by atoms with E-state index in [4.69, 9.17) is 4.74 Å². The van der Waals surface area contributed by atoms with Crippen LogP contribution in [0.3, 0.4) is 0 Å². The third-order valence-corrected chi connectivity index (χ3v) is 3.84. The first-order chi connectivity index (χ1) is 9.72. The van der Waals surface area contributed by atoms with Gasteiger partial charge in [0.1, 0.15) is 0 Å². The summed E-state index contributed by atoms with van der Waals surface area (Å²) in [5.41, 5.74) is 1.91. The fourth-order valence-electron chi connectivity index (χ4n) is 2.63. The second kappa shape index (κ2) is 5.63. The molecule has 20 heavy (non-hydrogen) atoms. The average molecular weight is 269 g/mol. The van der Waals surface area contributed by atoms with Gasteiger partial charge in [-0.3, -0.25) is 4.79 Å². The van der Waals surface area contributed by atoms with E-state index in [1.165, 1.54) is 0 Å². The summed E-state index contributed by atoms with van der Waals surface area (Å²) in [6.45, 7) is 3.28. The number of ketones is 1. The molecule has 1 aliphatic heterocycles. The van der Waals surface area contributed by atoms with Gasteiger partial charge in [0.05, 0.1) is 0 Å². The predicted molar refractivity (Wildman–Crippen MR) is 81.4 cm³/mol. The molecule has 1 aliphatic rings. The van der Waals surface area contributed by atoms with Crippen LogP contribution in [0.15, 0.2) is 36.4 Å². The number of nitrogens with one attached hydrogen (secondary N) is 1. The number of anilines is 1. The normalized spacial score (nSPS) is 16.2. The fraction of sp³-hybridized carbons (Fsp3) is 0.353. The molecule has 0 unspecified atom stereocenters. The minimum Gasteiger partial charge on any atom is -0.382 e. The molecule has 2 aromatic carbocycles. The molecule has 3 heteroatoms. The average Bonchev–Trinajstić information content (AvgIpc) is 2.47. The number of hydrogen-bond acceptors (Lipinski definition) is 3. The SMILES string of the molecule is CC(=O)c1ccc2cc(NC3CCOCC3)ccc2c1. The van der Waals surface area contributed by atoms with Crippen molar-refractivity contribution in [3.05, 3.63) is 42.0 Å². The van der Waals surface area contributed by atoms with E-state index in [2.05, 4.69) is 23.5 Å². The molecule has 0 radical (unpaired) electrons. The van der Waals surface area contributed by atoms with E-state index in [-0.39, 0.29) is 5.78 Å². The van der Waals surface area contributed by atoms with Crippen molar-refractivity contribution < 1.29 is 9.53 Å². The Kier molecular flexibility index (Phi) is 3.70.